The number of aromatic nitrogens is 5. The predicted octanol–water partition coefficient (Wildman–Crippen LogP) is 1.60. The molecule has 0 radical (unpaired) electrons. The number of aryl methyl sites for hydroxylation is 1. The molecule has 0 saturated carbocycles. The molecule has 3 aromatic rings. The Morgan fingerprint density at radius 1 is 1.50 bits per heavy atom. The predicted molar refractivity (Wildman–Crippen MR) is 71.3 cm³/mol. The average Bonchev–Trinajstić information content (AvgIpc) is 2.93. The van der Waals surface area contributed by atoms with Gasteiger partial charge in [0.05, 0.1) is 5.75 Å². The van der Waals surface area contributed by atoms with Gasteiger partial charge in [0.1, 0.15) is 10.5 Å². The molecule has 0 bridgehead atoms. The monoisotopic (exact) mass is 297 g/mol. The summed E-state index contributed by atoms with van der Waals surface area (Å²) in [7, 11) is 0. The molecule has 0 unspecified atom stereocenters. The molecule has 3 rings (SSSR count). The van der Waals surface area contributed by atoms with Crippen molar-refractivity contribution in [3.63, 3.8) is 0 Å². The van der Waals surface area contributed by atoms with Crippen molar-refractivity contribution in [3.8, 4) is 0 Å². The first-order valence-electron chi connectivity index (χ1n) is 4.98. The van der Waals surface area contributed by atoms with Gasteiger partial charge in [-0.2, -0.15) is 9.61 Å². The molecule has 0 amide bonds. The maximum atomic E-state index is 11.7. The molecule has 0 aromatic carbocycles. The molecule has 0 aliphatic heterocycles. The zero-order chi connectivity index (χ0) is 12.5. The van der Waals surface area contributed by atoms with Crippen molar-refractivity contribution in [2.24, 2.45) is 0 Å². The highest BCUT2D eigenvalue weighted by Crippen LogP contribution is 2.25. The minimum atomic E-state index is -0.138. The highest BCUT2D eigenvalue weighted by Gasteiger charge is 2.08. The molecule has 18 heavy (non-hydrogen) atoms. The first-order chi connectivity index (χ1) is 8.72. The summed E-state index contributed by atoms with van der Waals surface area (Å²) in [6.45, 7) is 1.80. The van der Waals surface area contributed by atoms with Crippen LogP contribution in [0.4, 0.5) is 0 Å². The summed E-state index contributed by atoms with van der Waals surface area (Å²) >= 11 is 4.47. The zero-order valence-corrected chi connectivity index (χ0v) is 11.7. The van der Waals surface area contributed by atoms with Crippen LogP contribution in [0.1, 0.15) is 10.7 Å². The van der Waals surface area contributed by atoms with Crippen LogP contribution in [-0.2, 0) is 5.75 Å². The van der Waals surface area contributed by atoms with E-state index in [1.165, 1.54) is 33.3 Å². The van der Waals surface area contributed by atoms with Crippen molar-refractivity contribution >= 4 is 39.4 Å². The molecule has 6 nitrogen and oxygen atoms in total. The van der Waals surface area contributed by atoms with Gasteiger partial charge in [-0.05, 0) is 6.92 Å². The minimum absolute atomic E-state index is 0.138. The molecule has 3 heterocycles. The third-order valence-electron chi connectivity index (χ3n) is 2.07. The fourth-order valence-electron chi connectivity index (χ4n) is 1.37. The lowest BCUT2D eigenvalue weighted by Gasteiger charge is -1.90. The van der Waals surface area contributed by atoms with E-state index in [2.05, 4.69) is 20.3 Å². The third-order valence-corrected chi connectivity index (χ3v) is 5.04. The summed E-state index contributed by atoms with van der Waals surface area (Å²) < 4.78 is 2.24. The molecule has 3 aromatic heterocycles. The Morgan fingerprint density at radius 3 is 3.17 bits per heavy atom. The highest BCUT2D eigenvalue weighted by atomic mass is 32.2. The van der Waals surface area contributed by atoms with E-state index in [9.17, 15) is 4.79 Å². The Morgan fingerprint density at radius 2 is 2.39 bits per heavy atom. The van der Waals surface area contributed by atoms with Gasteiger partial charge in [0.25, 0.3) is 5.56 Å². The lowest BCUT2D eigenvalue weighted by atomic mass is 10.5. The van der Waals surface area contributed by atoms with Crippen molar-refractivity contribution in [1.29, 1.82) is 0 Å². The van der Waals surface area contributed by atoms with Crippen LogP contribution < -0.4 is 5.56 Å². The SMILES string of the molecule is Cc1cc(=O)n2nc(CSc3nncs3)sc2n1. The van der Waals surface area contributed by atoms with Crippen LogP contribution in [0.5, 0.6) is 0 Å². The maximum Gasteiger partial charge on any atom is 0.275 e. The van der Waals surface area contributed by atoms with Crippen LogP contribution in [0.3, 0.4) is 0 Å². The third kappa shape index (κ3) is 2.28. The molecule has 0 spiro atoms. The first kappa shape index (κ1) is 11.8. The van der Waals surface area contributed by atoms with Gasteiger partial charge >= 0.3 is 0 Å². The Hall–Kier alpha value is -1.32. The van der Waals surface area contributed by atoms with E-state index in [4.69, 9.17) is 0 Å². The topological polar surface area (TPSA) is 73.0 Å². The van der Waals surface area contributed by atoms with E-state index in [0.717, 1.165) is 9.35 Å². The minimum Gasteiger partial charge on any atom is -0.267 e. The standard InChI is InChI=1S/C9H7N5OS3/c1-5-2-7(15)14-8(11-5)18-6(13-14)3-16-9-12-10-4-17-9/h2,4H,3H2,1H3. The second-order valence-electron chi connectivity index (χ2n) is 3.42. The molecular formula is C9H7N5OS3. The lowest BCUT2D eigenvalue weighted by Crippen LogP contribution is -2.14. The van der Waals surface area contributed by atoms with Crippen LogP contribution in [0.2, 0.25) is 0 Å². The number of hydrogen-bond acceptors (Lipinski definition) is 8. The van der Waals surface area contributed by atoms with Crippen LogP contribution >= 0.6 is 34.4 Å². The van der Waals surface area contributed by atoms with Crippen LogP contribution in [-0.4, -0.2) is 24.8 Å². The average molecular weight is 297 g/mol. The number of thioether (sulfide) groups is 1. The Balaban J connectivity index is 1.89. The molecule has 0 saturated heterocycles. The molecule has 92 valence electrons. The molecule has 0 N–H and O–H groups in total. The summed E-state index contributed by atoms with van der Waals surface area (Å²) in [6.07, 6.45) is 0. The van der Waals surface area contributed by atoms with E-state index < -0.39 is 0 Å². The number of hydrogen-bond donors (Lipinski definition) is 0. The number of fused-ring (bicyclic) bond motifs is 1. The van der Waals surface area contributed by atoms with Gasteiger partial charge < -0.3 is 0 Å². The molecule has 0 aliphatic rings. The van der Waals surface area contributed by atoms with Crippen LogP contribution in [0.25, 0.3) is 4.96 Å². The van der Waals surface area contributed by atoms with E-state index in [1.54, 1.807) is 24.2 Å². The number of nitrogens with zero attached hydrogens (tertiary/aromatic N) is 5. The van der Waals surface area contributed by atoms with Gasteiger partial charge in [-0.3, -0.25) is 4.79 Å². The van der Waals surface area contributed by atoms with Crippen molar-refractivity contribution in [2.45, 2.75) is 17.0 Å². The van der Waals surface area contributed by atoms with Gasteiger partial charge in [0.2, 0.25) is 4.96 Å². The number of rotatable bonds is 3. The highest BCUT2D eigenvalue weighted by molar-refractivity contribution is 8.00. The summed E-state index contributed by atoms with van der Waals surface area (Å²) in [5.74, 6) is 0.668. The van der Waals surface area contributed by atoms with Gasteiger partial charge in [0.15, 0.2) is 4.34 Å². The van der Waals surface area contributed by atoms with Gasteiger partial charge in [-0.25, -0.2) is 4.98 Å². The normalized spacial score (nSPS) is 11.2. The second kappa shape index (κ2) is 4.75. The Kier molecular flexibility index (Phi) is 3.10. The summed E-state index contributed by atoms with van der Waals surface area (Å²) in [4.78, 5) is 16.6. The first-order valence-corrected chi connectivity index (χ1v) is 7.66. The van der Waals surface area contributed by atoms with Gasteiger partial charge in [-0.1, -0.05) is 34.4 Å². The van der Waals surface area contributed by atoms with Gasteiger partial charge in [-0.15, -0.1) is 10.2 Å². The molecule has 0 atom stereocenters. The fourth-order valence-corrected chi connectivity index (χ4v) is 3.79. The van der Waals surface area contributed by atoms with Gasteiger partial charge in [0, 0.05) is 11.8 Å². The van der Waals surface area contributed by atoms with Crippen molar-refractivity contribution in [1.82, 2.24) is 24.8 Å². The quantitative estimate of drug-likeness (QED) is 0.684. The van der Waals surface area contributed by atoms with Crippen molar-refractivity contribution < 1.29 is 0 Å². The molecule has 0 fully saturated rings. The summed E-state index contributed by atoms with van der Waals surface area (Å²) in [5, 5.41) is 12.8. The summed E-state index contributed by atoms with van der Waals surface area (Å²) in [6, 6.07) is 1.48. The van der Waals surface area contributed by atoms with E-state index in [1.807, 2.05) is 0 Å². The largest absolute Gasteiger partial charge is 0.275 e. The van der Waals surface area contributed by atoms with Crippen LogP contribution in [0, 0.1) is 6.92 Å². The Labute approximate surface area is 114 Å². The second-order valence-corrected chi connectivity index (χ2v) is 6.52. The van der Waals surface area contributed by atoms with E-state index in [-0.39, 0.29) is 5.56 Å². The maximum absolute atomic E-state index is 11.7. The summed E-state index contributed by atoms with van der Waals surface area (Å²) in [5.41, 5.74) is 2.27. The van der Waals surface area contributed by atoms with Crippen LogP contribution in [0.15, 0.2) is 20.7 Å². The fraction of sp³-hybridized carbons (Fsp3) is 0.222. The molecule has 9 heteroatoms. The Bertz CT molecular complexity index is 732. The zero-order valence-electron chi connectivity index (χ0n) is 9.23. The molecular weight excluding hydrogens is 290 g/mol. The van der Waals surface area contributed by atoms with Crippen molar-refractivity contribution in [3.05, 3.63) is 32.6 Å². The molecule has 0 aliphatic carbocycles. The van der Waals surface area contributed by atoms with E-state index >= 15 is 0 Å². The smallest absolute Gasteiger partial charge is 0.267 e. The van der Waals surface area contributed by atoms with Crippen molar-refractivity contribution in [2.75, 3.05) is 0 Å². The lowest BCUT2D eigenvalue weighted by molar-refractivity contribution is 0.870. The van der Waals surface area contributed by atoms with E-state index in [0.29, 0.717) is 16.4 Å².